The average molecular weight is 490 g/mol. The molecule has 9 heteroatoms. The molecule has 0 bridgehead atoms. The van der Waals surface area contributed by atoms with Gasteiger partial charge in [-0.15, -0.1) is 23.1 Å². The second kappa shape index (κ2) is 8.05. The number of carbonyl (C=O) groups is 1. The molecular formula is C19H12Cl4N2OS2. The fourth-order valence-corrected chi connectivity index (χ4v) is 6.23. The summed E-state index contributed by atoms with van der Waals surface area (Å²) >= 11 is 27.7. The summed E-state index contributed by atoms with van der Waals surface area (Å²) in [5, 5.41) is 4.14. The van der Waals surface area contributed by atoms with Gasteiger partial charge < -0.3 is 0 Å². The highest BCUT2D eigenvalue weighted by atomic mass is 35.5. The molecule has 28 heavy (non-hydrogen) atoms. The van der Waals surface area contributed by atoms with Crippen molar-refractivity contribution in [3.63, 3.8) is 0 Å². The molecule has 2 aromatic carbocycles. The quantitative estimate of drug-likeness (QED) is 0.379. The van der Waals surface area contributed by atoms with Crippen molar-refractivity contribution in [2.24, 2.45) is 0 Å². The van der Waals surface area contributed by atoms with Crippen molar-refractivity contribution >= 4 is 80.5 Å². The molecule has 1 aliphatic heterocycles. The van der Waals surface area contributed by atoms with Crippen molar-refractivity contribution in [2.45, 2.75) is 17.5 Å². The number of amides is 1. The summed E-state index contributed by atoms with van der Waals surface area (Å²) in [5.74, 6) is -0.0101. The zero-order chi connectivity index (χ0) is 20.0. The number of nitrogens with zero attached hydrogens (tertiary/aromatic N) is 2. The minimum atomic E-state index is -0.271. The van der Waals surface area contributed by atoms with Crippen LogP contribution in [0.3, 0.4) is 0 Å². The van der Waals surface area contributed by atoms with E-state index in [-0.39, 0.29) is 16.5 Å². The van der Waals surface area contributed by atoms with Gasteiger partial charge in [-0.25, -0.2) is 4.98 Å². The van der Waals surface area contributed by atoms with E-state index in [2.05, 4.69) is 4.98 Å². The van der Waals surface area contributed by atoms with E-state index in [1.807, 2.05) is 24.4 Å². The zero-order valence-corrected chi connectivity index (χ0v) is 19.0. The molecule has 144 valence electrons. The minimum Gasteiger partial charge on any atom is -0.273 e. The smallest absolute Gasteiger partial charge is 0.242 e. The number of benzene rings is 2. The van der Waals surface area contributed by atoms with Gasteiger partial charge in [0.2, 0.25) is 5.91 Å². The lowest BCUT2D eigenvalue weighted by molar-refractivity contribution is -0.117. The van der Waals surface area contributed by atoms with Crippen LogP contribution in [0.1, 0.15) is 17.9 Å². The standard InChI is InChI=1S/C19H12Cl4N2OS2/c1-9-17(26)25(18(28-9)13-5-3-11(21)7-15(13)23)19-24-16(8-27-19)12-4-2-10(20)6-14(12)22/h2-9,18H,1H3/t9-,18-/m0/s1. The number of hydrogen-bond acceptors (Lipinski definition) is 4. The molecule has 0 unspecified atom stereocenters. The first-order valence-electron chi connectivity index (χ1n) is 8.19. The molecule has 0 radical (unpaired) electrons. The largest absolute Gasteiger partial charge is 0.273 e. The van der Waals surface area contributed by atoms with Crippen molar-refractivity contribution in [1.82, 2.24) is 4.98 Å². The molecule has 1 fully saturated rings. The normalized spacial score (nSPS) is 19.5. The van der Waals surface area contributed by atoms with Crippen molar-refractivity contribution < 1.29 is 4.79 Å². The van der Waals surface area contributed by atoms with Crippen LogP contribution in [0.4, 0.5) is 5.13 Å². The number of halogens is 4. The van der Waals surface area contributed by atoms with Crippen LogP contribution in [0.5, 0.6) is 0 Å². The number of rotatable bonds is 3. The topological polar surface area (TPSA) is 33.2 Å². The summed E-state index contributed by atoms with van der Waals surface area (Å²) in [6, 6.07) is 10.6. The summed E-state index contributed by atoms with van der Waals surface area (Å²) in [4.78, 5) is 19.3. The number of hydrogen-bond donors (Lipinski definition) is 0. The van der Waals surface area contributed by atoms with Gasteiger partial charge in [-0.05, 0) is 37.3 Å². The second-order valence-corrected chi connectivity index (χ2v) is 10.1. The molecule has 3 nitrogen and oxygen atoms in total. The number of thiazole rings is 1. The van der Waals surface area contributed by atoms with E-state index in [1.165, 1.54) is 23.1 Å². The highest BCUT2D eigenvalue weighted by Gasteiger charge is 2.41. The fourth-order valence-electron chi connectivity index (χ4n) is 2.93. The molecule has 2 atom stereocenters. The third-order valence-corrected chi connectivity index (χ3v) is 7.57. The maximum atomic E-state index is 12.9. The molecule has 0 aliphatic carbocycles. The molecule has 0 spiro atoms. The second-order valence-electron chi connectivity index (χ2n) is 6.14. The third kappa shape index (κ3) is 3.76. The van der Waals surface area contributed by atoms with Crippen LogP contribution in [0.2, 0.25) is 20.1 Å². The van der Waals surface area contributed by atoms with Gasteiger partial charge in [0.25, 0.3) is 0 Å². The summed E-state index contributed by atoms with van der Waals surface area (Å²) < 4.78 is 0. The van der Waals surface area contributed by atoms with E-state index in [9.17, 15) is 4.79 Å². The molecule has 0 N–H and O–H groups in total. The fraction of sp³-hybridized carbons (Fsp3) is 0.158. The molecule has 1 aromatic heterocycles. The van der Waals surface area contributed by atoms with Gasteiger partial charge in [0.05, 0.1) is 16.0 Å². The first-order chi connectivity index (χ1) is 13.3. The Morgan fingerprint density at radius 3 is 2.36 bits per heavy atom. The van der Waals surface area contributed by atoms with Crippen LogP contribution >= 0.6 is 69.5 Å². The lowest BCUT2D eigenvalue weighted by Gasteiger charge is -2.22. The van der Waals surface area contributed by atoms with E-state index in [4.69, 9.17) is 46.4 Å². The summed E-state index contributed by atoms with van der Waals surface area (Å²) in [7, 11) is 0. The van der Waals surface area contributed by atoms with Gasteiger partial charge in [0.15, 0.2) is 5.13 Å². The Morgan fingerprint density at radius 1 is 1.00 bits per heavy atom. The molecule has 1 aliphatic rings. The Labute approximate surface area is 190 Å². The summed E-state index contributed by atoms with van der Waals surface area (Å²) in [5.41, 5.74) is 2.29. The van der Waals surface area contributed by atoms with E-state index >= 15 is 0 Å². The van der Waals surface area contributed by atoms with Gasteiger partial charge in [-0.1, -0.05) is 52.5 Å². The molecular weight excluding hydrogens is 478 g/mol. The van der Waals surface area contributed by atoms with Crippen molar-refractivity contribution in [1.29, 1.82) is 0 Å². The van der Waals surface area contributed by atoms with Crippen LogP contribution in [-0.4, -0.2) is 16.1 Å². The Balaban J connectivity index is 1.74. The van der Waals surface area contributed by atoms with Gasteiger partial charge in [-0.2, -0.15) is 0 Å². The maximum Gasteiger partial charge on any atom is 0.242 e. The van der Waals surface area contributed by atoms with Gasteiger partial charge in [0.1, 0.15) is 5.37 Å². The SMILES string of the molecule is C[C@@H]1S[C@@H](c2ccc(Cl)cc2Cl)N(c2nc(-c3ccc(Cl)cc3Cl)cs2)C1=O. The first kappa shape index (κ1) is 20.3. The number of thioether (sulfide) groups is 1. The third-order valence-electron chi connectivity index (χ3n) is 4.29. The molecule has 1 saturated heterocycles. The Morgan fingerprint density at radius 2 is 1.68 bits per heavy atom. The monoisotopic (exact) mass is 488 g/mol. The van der Waals surface area contributed by atoms with Crippen LogP contribution in [0.25, 0.3) is 11.3 Å². The van der Waals surface area contributed by atoms with Crippen LogP contribution < -0.4 is 4.90 Å². The molecule has 1 amide bonds. The van der Waals surface area contributed by atoms with E-state index in [1.54, 1.807) is 29.2 Å². The number of anilines is 1. The van der Waals surface area contributed by atoms with Gasteiger partial charge in [-0.3, -0.25) is 9.69 Å². The van der Waals surface area contributed by atoms with E-state index in [0.29, 0.717) is 30.9 Å². The zero-order valence-electron chi connectivity index (χ0n) is 14.3. The molecule has 4 rings (SSSR count). The molecule has 2 heterocycles. The summed E-state index contributed by atoms with van der Waals surface area (Å²) in [6.45, 7) is 1.88. The predicted octanol–water partition coefficient (Wildman–Crippen LogP) is 7.59. The summed E-state index contributed by atoms with van der Waals surface area (Å²) in [6.07, 6.45) is 0. The minimum absolute atomic E-state index is 0.0101. The van der Waals surface area contributed by atoms with Crippen molar-refractivity contribution in [2.75, 3.05) is 4.90 Å². The Bertz CT molecular complexity index is 1070. The molecule has 3 aromatic rings. The van der Waals surface area contributed by atoms with Gasteiger partial charge in [0, 0.05) is 31.6 Å². The van der Waals surface area contributed by atoms with Crippen LogP contribution in [0.15, 0.2) is 41.8 Å². The lowest BCUT2D eigenvalue weighted by Crippen LogP contribution is -2.30. The van der Waals surface area contributed by atoms with Crippen LogP contribution in [-0.2, 0) is 4.79 Å². The highest BCUT2D eigenvalue weighted by Crippen LogP contribution is 2.48. The highest BCUT2D eigenvalue weighted by molar-refractivity contribution is 8.01. The van der Waals surface area contributed by atoms with Crippen molar-refractivity contribution in [3.05, 3.63) is 67.4 Å². The molecule has 0 saturated carbocycles. The number of aromatic nitrogens is 1. The van der Waals surface area contributed by atoms with Gasteiger partial charge >= 0.3 is 0 Å². The number of carbonyl (C=O) groups excluding carboxylic acids is 1. The van der Waals surface area contributed by atoms with Crippen molar-refractivity contribution in [3.8, 4) is 11.3 Å². The Hall–Kier alpha value is -0.950. The predicted molar refractivity (Wildman–Crippen MR) is 121 cm³/mol. The lowest BCUT2D eigenvalue weighted by atomic mass is 10.2. The first-order valence-corrected chi connectivity index (χ1v) is 11.5. The van der Waals surface area contributed by atoms with Crippen LogP contribution in [0, 0.1) is 0 Å². The maximum absolute atomic E-state index is 12.9. The Kier molecular flexibility index (Phi) is 5.85. The van der Waals surface area contributed by atoms with E-state index < -0.39 is 0 Å². The van der Waals surface area contributed by atoms with E-state index in [0.717, 1.165) is 11.1 Å². The average Bonchev–Trinajstić information content (AvgIpc) is 3.20.